The third kappa shape index (κ3) is 3.44. The molecule has 156 valence electrons. The van der Waals surface area contributed by atoms with E-state index in [1.165, 1.54) is 48.1 Å². The second kappa shape index (κ2) is 7.54. The van der Waals surface area contributed by atoms with E-state index < -0.39 is 0 Å². The molecule has 1 aromatic carbocycles. The molecule has 1 nitrogen and oxygen atoms in total. The van der Waals surface area contributed by atoms with E-state index in [9.17, 15) is 0 Å². The summed E-state index contributed by atoms with van der Waals surface area (Å²) < 4.78 is 0. The van der Waals surface area contributed by atoms with E-state index in [0.717, 1.165) is 18.4 Å². The van der Waals surface area contributed by atoms with Crippen molar-refractivity contribution < 1.29 is 0 Å². The van der Waals surface area contributed by atoms with Crippen molar-refractivity contribution in [3.63, 3.8) is 0 Å². The maximum absolute atomic E-state index is 4.66. The Balaban J connectivity index is 2.15. The van der Waals surface area contributed by atoms with Gasteiger partial charge in [-0.2, -0.15) is 0 Å². The van der Waals surface area contributed by atoms with Gasteiger partial charge in [-0.25, -0.2) is 0 Å². The van der Waals surface area contributed by atoms with Crippen LogP contribution in [0.4, 0.5) is 5.69 Å². The average molecular weight is 382 g/mol. The molecule has 0 aromatic heterocycles. The molecule has 1 heterocycles. The smallest absolute Gasteiger partial charge is 0.0441 e. The molecule has 0 N–H and O–H groups in total. The van der Waals surface area contributed by atoms with Crippen molar-refractivity contribution in [1.82, 2.24) is 0 Å². The van der Waals surface area contributed by atoms with Gasteiger partial charge in [-0.15, -0.1) is 0 Å². The summed E-state index contributed by atoms with van der Waals surface area (Å²) in [5.74, 6) is 2.55. The lowest BCUT2D eigenvalue weighted by molar-refractivity contribution is 0.127. The summed E-state index contributed by atoms with van der Waals surface area (Å²) in [6.45, 7) is 25.0. The lowest BCUT2D eigenvalue weighted by atomic mass is 9.58. The third-order valence-corrected chi connectivity index (χ3v) is 7.74. The van der Waals surface area contributed by atoms with Crippen LogP contribution in [0.5, 0.6) is 0 Å². The second-order valence-electron chi connectivity index (χ2n) is 11.2. The number of rotatable bonds is 4. The Kier molecular flexibility index (Phi) is 5.78. The lowest BCUT2D eigenvalue weighted by Crippen LogP contribution is -2.42. The Labute approximate surface area is 174 Å². The van der Waals surface area contributed by atoms with E-state index >= 15 is 0 Å². The van der Waals surface area contributed by atoms with E-state index in [2.05, 4.69) is 85.1 Å². The lowest BCUT2D eigenvalue weighted by Gasteiger charge is -2.46. The highest BCUT2D eigenvalue weighted by molar-refractivity contribution is 5.65. The zero-order chi connectivity index (χ0) is 20.9. The molecule has 1 aliphatic carbocycles. The number of hydrogen-bond acceptors (Lipinski definition) is 1. The number of nitrogens with zero attached hydrogens (tertiary/aromatic N) is 1. The first-order valence-electron chi connectivity index (χ1n) is 11.6. The number of benzene rings is 1. The molecule has 0 bridgehead atoms. The standard InChI is InChI=1S/C27H43N/c1-18(2)22-13-11-14-23(19(3)4)25(22)28-17-27(16-26(28,8)9)21(7)12-10-15-24(27)20(5)6/h11,13-14,18-20,24H,7,10,12,15-17H2,1-6,8-9H3. The first kappa shape index (κ1) is 21.5. The zero-order valence-electron chi connectivity index (χ0n) is 19.7. The Morgan fingerprint density at radius 2 is 1.57 bits per heavy atom. The zero-order valence-corrected chi connectivity index (χ0v) is 19.7. The Morgan fingerprint density at radius 1 is 1.00 bits per heavy atom. The van der Waals surface area contributed by atoms with Gasteiger partial charge in [0.25, 0.3) is 0 Å². The summed E-state index contributed by atoms with van der Waals surface area (Å²) >= 11 is 0. The highest BCUT2D eigenvalue weighted by Gasteiger charge is 2.55. The molecule has 0 radical (unpaired) electrons. The third-order valence-electron chi connectivity index (χ3n) is 7.74. The largest absolute Gasteiger partial charge is 0.365 e. The molecule has 3 rings (SSSR count). The number of para-hydroxylation sites is 1. The topological polar surface area (TPSA) is 3.24 Å². The van der Waals surface area contributed by atoms with Gasteiger partial charge in [-0.1, -0.05) is 71.9 Å². The average Bonchev–Trinajstić information content (AvgIpc) is 2.88. The van der Waals surface area contributed by atoms with Crippen LogP contribution < -0.4 is 4.90 Å². The first-order valence-corrected chi connectivity index (χ1v) is 11.6. The van der Waals surface area contributed by atoms with Gasteiger partial charge in [-0.3, -0.25) is 0 Å². The molecular formula is C27H43N. The molecule has 1 saturated carbocycles. The molecule has 2 unspecified atom stereocenters. The SMILES string of the molecule is C=C1CCCC(C(C)C)C12CN(c1c(C(C)C)cccc1C(C)C)C(C)(C)C2. The van der Waals surface area contributed by atoms with Gasteiger partial charge in [0.2, 0.25) is 0 Å². The van der Waals surface area contributed by atoms with Gasteiger partial charge < -0.3 is 4.90 Å². The number of hydrogen-bond donors (Lipinski definition) is 0. The predicted octanol–water partition coefficient (Wildman–Crippen LogP) is 7.92. The van der Waals surface area contributed by atoms with Gasteiger partial charge in [0.15, 0.2) is 0 Å². The van der Waals surface area contributed by atoms with Crippen LogP contribution in [0.25, 0.3) is 0 Å². The quantitative estimate of drug-likeness (QED) is 0.479. The van der Waals surface area contributed by atoms with Crippen LogP contribution in [0.2, 0.25) is 0 Å². The Hall–Kier alpha value is -1.24. The highest BCUT2D eigenvalue weighted by Crippen LogP contribution is 2.59. The van der Waals surface area contributed by atoms with Gasteiger partial charge in [-0.05, 0) is 74.3 Å². The van der Waals surface area contributed by atoms with Crippen LogP contribution in [0.1, 0.15) is 104 Å². The Morgan fingerprint density at radius 3 is 2.07 bits per heavy atom. The van der Waals surface area contributed by atoms with Crippen LogP contribution in [0.15, 0.2) is 30.4 Å². The van der Waals surface area contributed by atoms with Gasteiger partial charge in [0.05, 0.1) is 0 Å². The molecule has 0 amide bonds. The van der Waals surface area contributed by atoms with Crippen LogP contribution in [-0.2, 0) is 0 Å². The molecule has 2 atom stereocenters. The van der Waals surface area contributed by atoms with E-state index in [4.69, 9.17) is 0 Å². The van der Waals surface area contributed by atoms with Crippen LogP contribution in [0, 0.1) is 17.3 Å². The molecule has 1 aromatic rings. The summed E-state index contributed by atoms with van der Waals surface area (Å²) in [5, 5.41) is 0. The maximum Gasteiger partial charge on any atom is 0.0441 e. The molecule has 1 spiro atoms. The fourth-order valence-corrected chi connectivity index (χ4v) is 6.40. The molecule has 28 heavy (non-hydrogen) atoms. The fraction of sp³-hybridized carbons (Fsp3) is 0.704. The van der Waals surface area contributed by atoms with Crippen LogP contribution in [-0.4, -0.2) is 12.1 Å². The minimum absolute atomic E-state index is 0.155. The fourth-order valence-electron chi connectivity index (χ4n) is 6.40. The highest BCUT2D eigenvalue weighted by atomic mass is 15.2. The normalized spacial score (nSPS) is 27.6. The summed E-state index contributed by atoms with van der Waals surface area (Å²) in [6, 6.07) is 6.99. The summed E-state index contributed by atoms with van der Waals surface area (Å²) in [4.78, 5) is 2.80. The maximum atomic E-state index is 4.66. The van der Waals surface area contributed by atoms with Crippen molar-refractivity contribution in [3.8, 4) is 0 Å². The van der Waals surface area contributed by atoms with Crippen molar-refractivity contribution in [2.24, 2.45) is 17.3 Å². The minimum atomic E-state index is 0.155. The van der Waals surface area contributed by atoms with Gasteiger partial charge in [0, 0.05) is 23.2 Å². The van der Waals surface area contributed by atoms with Crippen LogP contribution in [0.3, 0.4) is 0 Å². The monoisotopic (exact) mass is 381 g/mol. The van der Waals surface area contributed by atoms with E-state index in [0.29, 0.717) is 11.8 Å². The molecule has 1 aliphatic heterocycles. The molecular weight excluding hydrogens is 338 g/mol. The van der Waals surface area contributed by atoms with Crippen molar-refractivity contribution in [3.05, 3.63) is 41.5 Å². The summed E-state index contributed by atoms with van der Waals surface area (Å²) in [5.41, 5.74) is 6.50. The molecule has 2 aliphatic rings. The summed E-state index contributed by atoms with van der Waals surface area (Å²) in [7, 11) is 0. The molecule has 1 saturated heterocycles. The summed E-state index contributed by atoms with van der Waals surface area (Å²) in [6.07, 6.45) is 5.15. The van der Waals surface area contributed by atoms with Gasteiger partial charge in [0.1, 0.15) is 0 Å². The van der Waals surface area contributed by atoms with Crippen molar-refractivity contribution in [1.29, 1.82) is 0 Å². The van der Waals surface area contributed by atoms with Crippen molar-refractivity contribution in [2.45, 2.75) is 98.4 Å². The van der Waals surface area contributed by atoms with Crippen molar-refractivity contribution in [2.75, 3.05) is 11.4 Å². The minimum Gasteiger partial charge on any atom is -0.365 e. The van der Waals surface area contributed by atoms with E-state index in [-0.39, 0.29) is 11.0 Å². The predicted molar refractivity (Wildman–Crippen MR) is 124 cm³/mol. The van der Waals surface area contributed by atoms with Crippen LogP contribution >= 0.6 is 0 Å². The molecule has 2 fully saturated rings. The van der Waals surface area contributed by atoms with E-state index in [1.807, 2.05) is 0 Å². The molecule has 1 heteroatoms. The van der Waals surface area contributed by atoms with Gasteiger partial charge >= 0.3 is 0 Å². The van der Waals surface area contributed by atoms with E-state index in [1.54, 1.807) is 0 Å². The second-order valence-corrected chi connectivity index (χ2v) is 11.2. The first-order chi connectivity index (χ1) is 13.0. The Bertz CT molecular complexity index is 698. The van der Waals surface area contributed by atoms with Crippen molar-refractivity contribution >= 4 is 5.69 Å². The number of anilines is 1.